The van der Waals surface area contributed by atoms with Crippen LogP contribution in [-0.2, 0) is 16.1 Å². The zero-order valence-electron chi connectivity index (χ0n) is 17.8. The van der Waals surface area contributed by atoms with Crippen molar-refractivity contribution in [3.8, 4) is 5.75 Å². The molecule has 0 aromatic heterocycles. The molecule has 2 heterocycles. The third-order valence-electron chi connectivity index (χ3n) is 5.80. The van der Waals surface area contributed by atoms with Gasteiger partial charge in [0.2, 0.25) is 0 Å². The average molecular weight is 541 g/mol. The maximum absolute atomic E-state index is 12.9. The largest absolute Gasteiger partial charge is 0.488 e. The van der Waals surface area contributed by atoms with Crippen LogP contribution in [0, 0.1) is 0 Å². The molecule has 0 spiro atoms. The Morgan fingerprint density at radius 2 is 2.03 bits per heavy atom. The molecule has 1 atom stereocenters. The highest BCUT2D eigenvalue weighted by Crippen LogP contribution is 2.35. The molecule has 33 heavy (non-hydrogen) atoms. The molecule has 0 bridgehead atoms. The number of amides is 1. The van der Waals surface area contributed by atoms with Gasteiger partial charge in [0.25, 0.3) is 5.91 Å². The van der Waals surface area contributed by atoms with Crippen LogP contribution in [0.5, 0.6) is 5.75 Å². The lowest BCUT2D eigenvalue weighted by molar-refractivity contribution is -0.123. The number of halogens is 1. The lowest BCUT2D eigenvalue weighted by Gasteiger charge is -2.18. The number of thiocarbonyl (C=S) groups is 1. The monoisotopic (exact) mass is 539 g/mol. The number of benzene rings is 3. The van der Waals surface area contributed by atoms with Gasteiger partial charge >= 0.3 is 0 Å². The molecular weight excluding hydrogens is 518 g/mol. The molecule has 0 radical (unpaired) electrons. The number of carbonyl (C=O) groups excluding carboxylic acids is 1. The summed E-state index contributed by atoms with van der Waals surface area (Å²) in [5.41, 5.74) is 2.05. The Bertz CT molecular complexity index is 1250. The van der Waals surface area contributed by atoms with E-state index in [0.29, 0.717) is 22.4 Å². The minimum Gasteiger partial charge on any atom is -0.488 e. The molecule has 2 saturated heterocycles. The number of ether oxygens (including phenoxy) is 2. The van der Waals surface area contributed by atoms with E-state index in [4.69, 9.17) is 21.7 Å². The number of hydrogen-bond acceptors (Lipinski definition) is 5. The van der Waals surface area contributed by atoms with Gasteiger partial charge in [-0.2, -0.15) is 0 Å². The molecule has 0 saturated carbocycles. The third kappa shape index (κ3) is 5.01. The van der Waals surface area contributed by atoms with E-state index in [1.54, 1.807) is 4.90 Å². The van der Waals surface area contributed by atoms with Crippen molar-refractivity contribution < 1.29 is 14.3 Å². The fourth-order valence-electron chi connectivity index (χ4n) is 4.10. The van der Waals surface area contributed by atoms with Gasteiger partial charge in [-0.15, -0.1) is 0 Å². The van der Waals surface area contributed by atoms with Crippen LogP contribution < -0.4 is 4.74 Å². The van der Waals surface area contributed by atoms with Gasteiger partial charge in [-0.05, 0) is 68.9 Å². The Morgan fingerprint density at radius 3 is 2.85 bits per heavy atom. The van der Waals surface area contributed by atoms with E-state index in [-0.39, 0.29) is 12.0 Å². The maximum Gasteiger partial charge on any atom is 0.266 e. The smallest absolute Gasteiger partial charge is 0.266 e. The van der Waals surface area contributed by atoms with Crippen LogP contribution in [0.1, 0.15) is 24.0 Å². The highest BCUT2D eigenvalue weighted by Gasteiger charge is 2.34. The molecule has 0 N–H and O–H groups in total. The number of carbonyl (C=O) groups is 1. The zero-order valence-corrected chi connectivity index (χ0v) is 21.0. The maximum atomic E-state index is 12.9. The fourth-order valence-corrected chi connectivity index (χ4v) is 5.88. The molecule has 2 aliphatic heterocycles. The lowest BCUT2D eigenvalue weighted by Crippen LogP contribution is -2.35. The second kappa shape index (κ2) is 9.97. The SMILES string of the molecule is O=C1/C(=C/c2ccc(OCc3cccc4ccccc34)c(Br)c2)SC(=S)N1C[C@H]1CCCO1. The summed E-state index contributed by atoms with van der Waals surface area (Å²) in [5.74, 6) is 0.707. The van der Waals surface area contributed by atoms with Crippen LogP contribution >= 0.6 is 39.9 Å². The molecule has 0 unspecified atom stereocenters. The fraction of sp³-hybridized carbons (Fsp3) is 0.231. The highest BCUT2D eigenvalue weighted by molar-refractivity contribution is 9.10. The van der Waals surface area contributed by atoms with Crippen LogP contribution in [0.3, 0.4) is 0 Å². The number of fused-ring (bicyclic) bond motifs is 1. The minimum absolute atomic E-state index is 0.0482. The van der Waals surface area contributed by atoms with E-state index in [1.807, 2.05) is 42.5 Å². The van der Waals surface area contributed by atoms with Gasteiger partial charge in [0, 0.05) is 6.61 Å². The zero-order chi connectivity index (χ0) is 22.8. The minimum atomic E-state index is -0.0482. The van der Waals surface area contributed by atoms with Crippen LogP contribution in [0.2, 0.25) is 0 Å². The quantitative estimate of drug-likeness (QED) is 0.262. The summed E-state index contributed by atoms with van der Waals surface area (Å²) in [6.07, 6.45) is 3.98. The van der Waals surface area contributed by atoms with Crippen molar-refractivity contribution in [2.45, 2.75) is 25.6 Å². The van der Waals surface area contributed by atoms with Gasteiger partial charge in [0.15, 0.2) is 0 Å². The molecule has 4 nitrogen and oxygen atoms in total. The van der Waals surface area contributed by atoms with Crippen LogP contribution in [-0.4, -0.2) is 34.4 Å². The summed E-state index contributed by atoms with van der Waals surface area (Å²) in [6.45, 7) is 1.77. The summed E-state index contributed by atoms with van der Waals surface area (Å²) in [7, 11) is 0. The van der Waals surface area contributed by atoms with Gasteiger partial charge in [-0.1, -0.05) is 72.5 Å². The third-order valence-corrected chi connectivity index (χ3v) is 7.80. The molecular formula is C26H22BrNO3S2. The van der Waals surface area contributed by atoms with Crippen LogP contribution in [0.4, 0.5) is 0 Å². The van der Waals surface area contributed by atoms with Gasteiger partial charge in [-0.25, -0.2) is 0 Å². The number of hydrogen-bond donors (Lipinski definition) is 0. The molecule has 168 valence electrons. The summed E-state index contributed by atoms with van der Waals surface area (Å²) in [6, 6.07) is 20.4. The summed E-state index contributed by atoms with van der Waals surface area (Å²) >= 11 is 10.4. The van der Waals surface area contributed by atoms with Crippen molar-refractivity contribution in [2.24, 2.45) is 0 Å². The first-order chi connectivity index (χ1) is 16.1. The van der Waals surface area contributed by atoms with E-state index < -0.39 is 0 Å². The summed E-state index contributed by atoms with van der Waals surface area (Å²) < 4.78 is 13.2. The first-order valence-electron chi connectivity index (χ1n) is 10.8. The summed E-state index contributed by atoms with van der Waals surface area (Å²) in [5, 5.41) is 2.39. The van der Waals surface area contributed by atoms with Crippen molar-refractivity contribution >= 4 is 67.0 Å². The first-order valence-corrected chi connectivity index (χ1v) is 12.9. The highest BCUT2D eigenvalue weighted by atomic mass is 79.9. The van der Waals surface area contributed by atoms with E-state index in [0.717, 1.165) is 40.8 Å². The van der Waals surface area contributed by atoms with Crippen molar-refractivity contribution in [3.05, 3.63) is 81.2 Å². The topological polar surface area (TPSA) is 38.8 Å². The Balaban J connectivity index is 1.28. The Hall–Kier alpha value is -2.19. The molecule has 3 aromatic carbocycles. The van der Waals surface area contributed by atoms with E-state index in [9.17, 15) is 4.79 Å². The molecule has 7 heteroatoms. The second-order valence-corrected chi connectivity index (χ2v) is 10.6. The van der Waals surface area contributed by atoms with Crippen LogP contribution in [0.15, 0.2) is 70.0 Å². The van der Waals surface area contributed by atoms with Gasteiger partial charge in [0.05, 0.1) is 22.0 Å². The molecule has 2 aliphatic rings. The van der Waals surface area contributed by atoms with Gasteiger partial charge < -0.3 is 9.47 Å². The Labute approximate surface area is 211 Å². The van der Waals surface area contributed by atoms with E-state index in [2.05, 4.69) is 40.2 Å². The Morgan fingerprint density at radius 1 is 1.18 bits per heavy atom. The standard InChI is InChI=1S/C26H22BrNO3S2/c27-22-13-17(14-24-25(29)28(26(32)33-24)15-20-8-4-12-30-20)10-11-23(22)31-16-19-7-3-6-18-5-1-2-9-21(18)19/h1-3,5-7,9-11,13-14,20H,4,8,12,15-16H2/b24-14-/t20-/m1/s1. The van der Waals surface area contributed by atoms with Gasteiger partial charge in [0.1, 0.15) is 16.7 Å². The molecule has 2 fully saturated rings. The van der Waals surface area contributed by atoms with Gasteiger partial charge in [-0.3, -0.25) is 9.69 Å². The number of rotatable bonds is 6. The predicted molar refractivity (Wildman–Crippen MR) is 141 cm³/mol. The first kappa shape index (κ1) is 22.6. The molecule has 3 aromatic rings. The van der Waals surface area contributed by atoms with Crippen molar-refractivity contribution in [1.82, 2.24) is 4.90 Å². The second-order valence-electron chi connectivity index (χ2n) is 8.04. The summed E-state index contributed by atoms with van der Waals surface area (Å²) in [4.78, 5) is 15.2. The van der Waals surface area contributed by atoms with Crippen molar-refractivity contribution in [2.75, 3.05) is 13.2 Å². The van der Waals surface area contributed by atoms with E-state index >= 15 is 0 Å². The number of nitrogens with zero attached hydrogens (tertiary/aromatic N) is 1. The van der Waals surface area contributed by atoms with Crippen LogP contribution in [0.25, 0.3) is 16.8 Å². The molecule has 0 aliphatic carbocycles. The van der Waals surface area contributed by atoms with Crippen molar-refractivity contribution in [3.63, 3.8) is 0 Å². The molecule has 5 rings (SSSR count). The normalized spacial score (nSPS) is 19.7. The molecule has 1 amide bonds. The van der Waals surface area contributed by atoms with E-state index in [1.165, 1.54) is 22.5 Å². The average Bonchev–Trinajstić information content (AvgIpc) is 3.43. The predicted octanol–water partition coefficient (Wildman–Crippen LogP) is 6.56. The Kier molecular flexibility index (Phi) is 6.83. The lowest BCUT2D eigenvalue weighted by atomic mass is 10.1. The van der Waals surface area contributed by atoms with Crippen molar-refractivity contribution in [1.29, 1.82) is 0 Å². The number of thioether (sulfide) groups is 1.